The molecule has 66 valence electrons. The Balaban J connectivity index is 2.42. The van der Waals surface area contributed by atoms with Crippen molar-refractivity contribution in [3.05, 3.63) is 0 Å². The Hall–Kier alpha value is -0.0800. The highest BCUT2D eigenvalue weighted by Gasteiger charge is 2.26. The van der Waals surface area contributed by atoms with Crippen molar-refractivity contribution in [2.45, 2.75) is 45.2 Å². The average Bonchev–Trinajstić information content (AvgIpc) is 2.50. The Labute approximate surface area is 69.2 Å². The van der Waals surface area contributed by atoms with Crippen LogP contribution < -0.4 is 0 Å². The summed E-state index contributed by atoms with van der Waals surface area (Å²) in [5.74, 6) is 0. The summed E-state index contributed by atoms with van der Waals surface area (Å²) in [5.41, 5.74) is 0. The van der Waals surface area contributed by atoms with Crippen molar-refractivity contribution < 1.29 is 5.11 Å². The Kier molecular flexibility index (Phi) is 3.34. The second-order valence-electron chi connectivity index (χ2n) is 3.47. The van der Waals surface area contributed by atoms with Gasteiger partial charge in [0.1, 0.15) is 0 Å². The number of hydrogen-bond donors (Lipinski definition) is 1. The highest BCUT2D eigenvalue weighted by Crippen LogP contribution is 2.20. The van der Waals surface area contributed by atoms with Gasteiger partial charge in [-0.1, -0.05) is 6.92 Å². The minimum absolute atomic E-state index is 0.338. The maximum atomic E-state index is 9.04. The van der Waals surface area contributed by atoms with Crippen LogP contribution in [0.25, 0.3) is 0 Å². The minimum atomic E-state index is 0.338. The lowest BCUT2D eigenvalue weighted by Gasteiger charge is -2.28. The summed E-state index contributed by atoms with van der Waals surface area (Å²) < 4.78 is 0. The molecular formula is C9H19NO. The number of likely N-dealkylation sites (tertiary alicyclic amines) is 1. The van der Waals surface area contributed by atoms with Crippen LogP contribution in [-0.4, -0.2) is 35.2 Å². The first kappa shape index (κ1) is 9.01. The summed E-state index contributed by atoms with van der Waals surface area (Å²) in [4.78, 5) is 2.43. The predicted octanol–water partition coefficient (Wildman–Crippen LogP) is 1.24. The van der Waals surface area contributed by atoms with Crippen LogP contribution in [0.4, 0.5) is 0 Å². The number of nitrogens with zero attached hydrogens (tertiary/aromatic N) is 1. The average molecular weight is 157 g/mol. The van der Waals surface area contributed by atoms with Gasteiger partial charge in [-0.3, -0.25) is 4.90 Å². The molecule has 0 spiro atoms. The third-order valence-corrected chi connectivity index (χ3v) is 2.79. The Bertz CT molecular complexity index is 116. The van der Waals surface area contributed by atoms with Crippen molar-refractivity contribution in [1.82, 2.24) is 4.90 Å². The lowest BCUT2D eigenvalue weighted by atomic mass is 10.2. The molecule has 0 aromatic heterocycles. The van der Waals surface area contributed by atoms with Gasteiger partial charge in [-0.2, -0.15) is 0 Å². The molecule has 0 saturated carbocycles. The summed E-state index contributed by atoms with van der Waals surface area (Å²) in [6.07, 6.45) is 3.63. The molecule has 1 unspecified atom stereocenters. The number of aliphatic hydroxyl groups is 1. The molecule has 0 aliphatic carbocycles. The minimum Gasteiger partial charge on any atom is -0.395 e. The Morgan fingerprint density at radius 2 is 2.36 bits per heavy atom. The largest absolute Gasteiger partial charge is 0.395 e. The fraction of sp³-hybridized carbons (Fsp3) is 1.00. The van der Waals surface area contributed by atoms with Crippen molar-refractivity contribution in [3.63, 3.8) is 0 Å². The van der Waals surface area contributed by atoms with Crippen LogP contribution in [0.5, 0.6) is 0 Å². The number of hydrogen-bond acceptors (Lipinski definition) is 2. The highest BCUT2D eigenvalue weighted by atomic mass is 16.3. The summed E-state index contributed by atoms with van der Waals surface area (Å²) >= 11 is 0. The maximum Gasteiger partial charge on any atom is 0.0586 e. The van der Waals surface area contributed by atoms with Crippen LogP contribution in [0.1, 0.15) is 33.1 Å². The van der Waals surface area contributed by atoms with Gasteiger partial charge in [0.25, 0.3) is 0 Å². The van der Waals surface area contributed by atoms with Crippen molar-refractivity contribution >= 4 is 0 Å². The third kappa shape index (κ3) is 1.94. The molecule has 1 heterocycles. The van der Waals surface area contributed by atoms with Crippen LogP contribution in [0.15, 0.2) is 0 Å². The van der Waals surface area contributed by atoms with E-state index in [4.69, 9.17) is 5.11 Å². The van der Waals surface area contributed by atoms with E-state index in [9.17, 15) is 0 Å². The summed E-state index contributed by atoms with van der Waals surface area (Å²) in [7, 11) is 0. The van der Waals surface area contributed by atoms with Gasteiger partial charge in [0, 0.05) is 12.1 Å². The van der Waals surface area contributed by atoms with E-state index in [-0.39, 0.29) is 0 Å². The molecule has 2 atom stereocenters. The van der Waals surface area contributed by atoms with E-state index >= 15 is 0 Å². The molecule has 0 radical (unpaired) electrons. The van der Waals surface area contributed by atoms with Gasteiger partial charge >= 0.3 is 0 Å². The van der Waals surface area contributed by atoms with Crippen molar-refractivity contribution in [2.24, 2.45) is 0 Å². The first-order chi connectivity index (χ1) is 5.29. The number of aliphatic hydroxyl groups excluding tert-OH is 1. The smallest absolute Gasteiger partial charge is 0.0586 e. The van der Waals surface area contributed by atoms with Gasteiger partial charge in [-0.15, -0.1) is 0 Å². The second kappa shape index (κ2) is 4.07. The fourth-order valence-electron chi connectivity index (χ4n) is 1.87. The van der Waals surface area contributed by atoms with Gasteiger partial charge in [-0.05, 0) is 32.7 Å². The van der Waals surface area contributed by atoms with Crippen molar-refractivity contribution in [3.8, 4) is 0 Å². The van der Waals surface area contributed by atoms with Crippen LogP contribution >= 0.6 is 0 Å². The predicted molar refractivity (Wildman–Crippen MR) is 46.6 cm³/mol. The van der Waals surface area contributed by atoms with E-state index in [0.717, 1.165) is 0 Å². The quantitative estimate of drug-likeness (QED) is 0.666. The van der Waals surface area contributed by atoms with Crippen LogP contribution in [0.3, 0.4) is 0 Å². The van der Waals surface area contributed by atoms with E-state index in [1.54, 1.807) is 0 Å². The van der Waals surface area contributed by atoms with E-state index in [1.165, 1.54) is 25.8 Å². The van der Waals surface area contributed by atoms with E-state index in [1.807, 2.05) is 0 Å². The van der Waals surface area contributed by atoms with Gasteiger partial charge < -0.3 is 5.11 Å². The van der Waals surface area contributed by atoms with Crippen LogP contribution in [0, 0.1) is 0 Å². The first-order valence-electron chi connectivity index (χ1n) is 4.66. The van der Waals surface area contributed by atoms with Crippen LogP contribution in [-0.2, 0) is 0 Å². The molecule has 0 aromatic carbocycles. The third-order valence-electron chi connectivity index (χ3n) is 2.79. The fourth-order valence-corrected chi connectivity index (χ4v) is 1.87. The molecule has 1 N–H and O–H groups in total. The Morgan fingerprint density at radius 3 is 2.91 bits per heavy atom. The second-order valence-corrected chi connectivity index (χ2v) is 3.47. The monoisotopic (exact) mass is 157 g/mol. The maximum absolute atomic E-state index is 9.04. The van der Waals surface area contributed by atoms with Gasteiger partial charge in [0.05, 0.1) is 6.61 Å². The molecule has 1 fully saturated rings. The van der Waals surface area contributed by atoms with E-state index in [0.29, 0.717) is 18.7 Å². The van der Waals surface area contributed by atoms with Crippen LogP contribution in [0.2, 0.25) is 0 Å². The molecular weight excluding hydrogens is 138 g/mol. The molecule has 1 rings (SSSR count). The zero-order valence-corrected chi connectivity index (χ0v) is 7.58. The molecule has 1 aliphatic heterocycles. The molecule has 0 bridgehead atoms. The SMILES string of the molecule is CCC(C)N1CCC[C@@H]1CO. The molecule has 1 saturated heterocycles. The molecule has 1 aliphatic rings. The molecule has 11 heavy (non-hydrogen) atoms. The van der Waals surface area contributed by atoms with E-state index < -0.39 is 0 Å². The summed E-state index contributed by atoms with van der Waals surface area (Å²) in [5, 5.41) is 9.04. The van der Waals surface area contributed by atoms with Gasteiger partial charge in [0.15, 0.2) is 0 Å². The molecule has 2 nitrogen and oxygen atoms in total. The Morgan fingerprint density at radius 1 is 1.64 bits per heavy atom. The summed E-state index contributed by atoms with van der Waals surface area (Å²) in [6.45, 7) is 5.97. The zero-order chi connectivity index (χ0) is 8.27. The lowest BCUT2D eigenvalue weighted by Crippen LogP contribution is -2.38. The standard InChI is InChI=1S/C9H19NO/c1-3-8(2)10-6-4-5-9(10)7-11/h8-9,11H,3-7H2,1-2H3/t8?,9-/m1/s1. The molecule has 0 amide bonds. The zero-order valence-electron chi connectivity index (χ0n) is 7.58. The van der Waals surface area contributed by atoms with Gasteiger partial charge in [-0.25, -0.2) is 0 Å². The summed E-state index contributed by atoms with van der Waals surface area (Å²) in [6, 6.07) is 1.10. The molecule has 2 heteroatoms. The molecule has 0 aromatic rings. The van der Waals surface area contributed by atoms with E-state index in [2.05, 4.69) is 18.7 Å². The van der Waals surface area contributed by atoms with Gasteiger partial charge in [0.2, 0.25) is 0 Å². The highest BCUT2D eigenvalue weighted by molar-refractivity contribution is 4.81. The van der Waals surface area contributed by atoms with Crippen molar-refractivity contribution in [2.75, 3.05) is 13.2 Å². The van der Waals surface area contributed by atoms with Crippen molar-refractivity contribution in [1.29, 1.82) is 0 Å². The topological polar surface area (TPSA) is 23.5 Å². The normalized spacial score (nSPS) is 29.2. The first-order valence-corrected chi connectivity index (χ1v) is 4.66. The number of rotatable bonds is 3. The lowest BCUT2D eigenvalue weighted by molar-refractivity contribution is 0.124.